The molecule has 1 fully saturated rings. The molecule has 0 aromatic carbocycles. The van der Waals surface area contributed by atoms with Crippen molar-refractivity contribution in [2.24, 2.45) is 11.8 Å². The molecular weight excluding hydrogens is 419 g/mol. The number of halogens is 3. The average molecular weight is 446 g/mol. The van der Waals surface area contributed by atoms with Gasteiger partial charge in [-0.3, -0.25) is 9.58 Å². The molecule has 1 saturated carbocycles. The first-order valence-corrected chi connectivity index (χ1v) is 10.7. The summed E-state index contributed by atoms with van der Waals surface area (Å²) in [5.41, 5.74) is 1.32. The topological polar surface area (TPSA) is 67.6 Å². The largest absolute Gasteiger partial charge is 0.490 e. The minimum absolute atomic E-state index is 0.524. The maximum absolute atomic E-state index is 10.6. The highest BCUT2D eigenvalue weighted by atomic mass is 32.1. The van der Waals surface area contributed by atoms with E-state index in [2.05, 4.69) is 39.8 Å². The van der Waals surface area contributed by atoms with Crippen LogP contribution in [0.25, 0.3) is 0 Å². The predicted octanol–water partition coefficient (Wildman–Crippen LogP) is 3.94. The van der Waals surface area contributed by atoms with Crippen LogP contribution in [0.3, 0.4) is 0 Å². The lowest BCUT2D eigenvalue weighted by atomic mass is 10.1. The van der Waals surface area contributed by atoms with Crippen LogP contribution in [0.15, 0.2) is 24.4 Å². The second-order valence-corrected chi connectivity index (χ2v) is 9.21. The number of hydrogen-bond donors (Lipinski definition) is 1. The second-order valence-electron chi connectivity index (χ2n) is 7.84. The van der Waals surface area contributed by atoms with Crippen LogP contribution < -0.4 is 0 Å². The Morgan fingerprint density at radius 3 is 2.53 bits per heavy atom. The van der Waals surface area contributed by atoms with E-state index in [0.717, 1.165) is 45.3 Å². The number of carboxylic acid groups (broad SMARTS) is 1. The zero-order valence-electron chi connectivity index (χ0n) is 16.8. The number of fused-ring (bicyclic) bond motifs is 1. The number of alkyl halides is 3. The SMILES string of the molecule is Cc1ccc(CN2Cc3ccnn3CC(COCC3CC3)C2)s1.O=C(O)C(F)(F)F. The maximum Gasteiger partial charge on any atom is 0.490 e. The Bertz CT molecular complexity index is 833. The lowest BCUT2D eigenvalue weighted by Crippen LogP contribution is -2.30. The molecule has 1 unspecified atom stereocenters. The number of rotatable bonds is 6. The lowest BCUT2D eigenvalue weighted by Gasteiger charge is -2.23. The van der Waals surface area contributed by atoms with Crippen LogP contribution in [0, 0.1) is 18.8 Å². The smallest absolute Gasteiger partial charge is 0.475 e. The minimum atomic E-state index is -5.08. The molecule has 1 aliphatic heterocycles. The molecule has 1 atom stereocenters. The molecule has 0 saturated heterocycles. The molecule has 0 radical (unpaired) electrons. The fraction of sp³-hybridized carbons (Fsp3) is 0.600. The second kappa shape index (κ2) is 9.93. The molecule has 1 N–H and O–H groups in total. The van der Waals surface area contributed by atoms with Crippen LogP contribution in [0.2, 0.25) is 0 Å². The Morgan fingerprint density at radius 1 is 1.23 bits per heavy atom. The van der Waals surface area contributed by atoms with E-state index in [1.54, 1.807) is 0 Å². The van der Waals surface area contributed by atoms with Crippen molar-refractivity contribution in [3.05, 3.63) is 39.8 Å². The van der Waals surface area contributed by atoms with Gasteiger partial charge in [0, 0.05) is 54.7 Å². The molecule has 0 amide bonds. The number of aromatic nitrogens is 2. The zero-order chi connectivity index (χ0) is 21.7. The van der Waals surface area contributed by atoms with E-state index >= 15 is 0 Å². The van der Waals surface area contributed by atoms with Crippen molar-refractivity contribution in [2.45, 2.75) is 45.6 Å². The van der Waals surface area contributed by atoms with Gasteiger partial charge in [-0.2, -0.15) is 18.3 Å². The van der Waals surface area contributed by atoms with Crippen molar-refractivity contribution in [1.29, 1.82) is 0 Å². The van der Waals surface area contributed by atoms with Crippen LogP contribution in [0.1, 0.15) is 28.3 Å². The number of carbonyl (C=O) groups is 1. The van der Waals surface area contributed by atoms with Crippen molar-refractivity contribution < 1.29 is 27.8 Å². The highest BCUT2D eigenvalue weighted by molar-refractivity contribution is 7.11. The van der Waals surface area contributed by atoms with Gasteiger partial charge in [0.15, 0.2) is 0 Å². The molecule has 3 heterocycles. The lowest BCUT2D eigenvalue weighted by molar-refractivity contribution is -0.192. The fourth-order valence-electron chi connectivity index (χ4n) is 3.32. The summed E-state index contributed by atoms with van der Waals surface area (Å²) < 4.78 is 39.9. The van der Waals surface area contributed by atoms with E-state index < -0.39 is 12.1 Å². The van der Waals surface area contributed by atoms with Crippen molar-refractivity contribution in [1.82, 2.24) is 14.7 Å². The number of nitrogens with zero attached hydrogens (tertiary/aromatic N) is 3. The average Bonchev–Trinajstić information content (AvgIpc) is 3.29. The van der Waals surface area contributed by atoms with Crippen molar-refractivity contribution >= 4 is 17.3 Å². The maximum atomic E-state index is 10.6. The number of aryl methyl sites for hydroxylation is 1. The zero-order valence-corrected chi connectivity index (χ0v) is 17.6. The highest BCUT2D eigenvalue weighted by Gasteiger charge is 2.38. The normalized spacial score (nSPS) is 19.5. The minimum Gasteiger partial charge on any atom is -0.475 e. The van der Waals surface area contributed by atoms with E-state index in [1.165, 1.54) is 28.3 Å². The van der Waals surface area contributed by atoms with Gasteiger partial charge in [0.25, 0.3) is 0 Å². The van der Waals surface area contributed by atoms with Gasteiger partial charge in [-0.05, 0) is 43.9 Å². The summed E-state index contributed by atoms with van der Waals surface area (Å²) in [5, 5.41) is 11.6. The standard InChI is InChI=1S/C18H25N3OS.C2HF3O2/c1-14-2-5-18(23-14)11-20-8-16(13-22-12-15-3-4-15)9-21-17(10-20)6-7-19-21;3-2(4,5)1(6)7/h2,5-7,15-16H,3-4,8-13H2,1H3;(H,6,7). The van der Waals surface area contributed by atoms with Crippen LogP contribution in [-0.2, 0) is 29.2 Å². The molecule has 0 bridgehead atoms. The molecule has 0 spiro atoms. The Hall–Kier alpha value is -1.91. The molecule has 6 nitrogen and oxygen atoms in total. The van der Waals surface area contributed by atoms with Crippen LogP contribution in [-0.4, -0.2) is 51.7 Å². The quantitative estimate of drug-likeness (QED) is 0.730. The monoisotopic (exact) mass is 445 g/mol. The van der Waals surface area contributed by atoms with Crippen molar-refractivity contribution in [3.8, 4) is 0 Å². The Balaban J connectivity index is 0.000000318. The van der Waals surface area contributed by atoms with Crippen LogP contribution >= 0.6 is 11.3 Å². The van der Waals surface area contributed by atoms with E-state index in [9.17, 15) is 13.2 Å². The predicted molar refractivity (Wildman–Crippen MR) is 106 cm³/mol. The number of carboxylic acids is 1. The highest BCUT2D eigenvalue weighted by Crippen LogP contribution is 2.29. The summed E-state index contributed by atoms with van der Waals surface area (Å²) in [6.07, 6.45) is -0.439. The summed E-state index contributed by atoms with van der Waals surface area (Å²) in [5.74, 6) is -1.39. The van der Waals surface area contributed by atoms with E-state index in [-0.39, 0.29) is 0 Å². The van der Waals surface area contributed by atoms with Gasteiger partial charge in [-0.15, -0.1) is 11.3 Å². The molecule has 2 aliphatic rings. The van der Waals surface area contributed by atoms with E-state index in [4.69, 9.17) is 14.6 Å². The van der Waals surface area contributed by atoms with Gasteiger partial charge in [0.2, 0.25) is 0 Å². The number of thiophene rings is 1. The Labute approximate surface area is 177 Å². The molecule has 10 heteroatoms. The molecule has 2 aromatic rings. The van der Waals surface area contributed by atoms with Crippen LogP contribution in [0.5, 0.6) is 0 Å². The van der Waals surface area contributed by atoms with Gasteiger partial charge in [0.1, 0.15) is 0 Å². The van der Waals surface area contributed by atoms with Crippen LogP contribution in [0.4, 0.5) is 13.2 Å². The first kappa shape index (κ1) is 22.8. The van der Waals surface area contributed by atoms with Gasteiger partial charge in [0.05, 0.1) is 12.3 Å². The fourth-order valence-corrected chi connectivity index (χ4v) is 4.25. The summed E-state index contributed by atoms with van der Waals surface area (Å²) in [6.45, 7) is 8.07. The number of hydrogen-bond acceptors (Lipinski definition) is 5. The summed E-state index contributed by atoms with van der Waals surface area (Å²) >= 11 is 1.91. The molecule has 1 aliphatic carbocycles. The molecule has 30 heavy (non-hydrogen) atoms. The Kier molecular flexibility index (Phi) is 7.54. The molecule has 2 aromatic heterocycles. The number of ether oxygens (including phenoxy) is 1. The van der Waals surface area contributed by atoms with Gasteiger partial charge < -0.3 is 9.84 Å². The summed E-state index contributed by atoms with van der Waals surface area (Å²) in [7, 11) is 0. The van der Waals surface area contributed by atoms with E-state index in [1.807, 2.05) is 17.5 Å². The Morgan fingerprint density at radius 2 is 1.93 bits per heavy atom. The summed E-state index contributed by atoms with van der Waals surface area (Å²) in [6, 6.07) is 6.64. The van der Waals surface area contributed by atoms with Gasteiger partial charge >= 0.3 is 12.1 Å². The third-order valence-electron chi connectivity index (χ3n) is 4.96. The molecular formula is C20H26F3N3O3S. The van der Waals surface area contributed by atoms with Gasteiger partial charge in [-0.25, -0.2) is 4.79 Å². The first-order valence-electron chi connectivity index (χ1n) is 9.87. The third-order valence-corrected chi connectivity index (χ3v) is 5.95. The summed E-state index contributed by atoms with van der Waals surface area (Å²) in [4.78, 5) is 14.3. The van der Waals surface area contributed by atoms with E-state index in [0.29, 0.717) is 5.92 Å². The van der Waals surface area contributed by atoms with Crippen molar-refractivity contribution in [2.75, 3.05) is 19.8 Å². The van der Waals surface area contributed by atoms with Gasteiger partial charge in [-0.1, -0.05) is 0 Å². The van der Waals surface area contributed by atoms with Crippen molar-refractivity contribution in [3.63, 3.8) is 0 Å². The molecule has 166 valence electrons. The number of aliphatic carboxylic acids is 1. The first-order chi connectivity index (χ1) is 14.2. The molecule has 4 rings (SSSR count). The third kappa shape index (κ3) is 7.10.